The molecule has 1 aromatic carbocycles. The third kappa shape index (κ3) is 3.05. The highest BCUT2D eigenvalue weighted by Crippen LogP contribution is 2.34. The Labute approximate surface area is 142 Å². The van der Waals surface area contributed by atoms with Gasteiger partial charge in [0.25, 0.3) is 0 Å². The first-order chi connectivity index (χ1) is 11.6. The van der Waals surface area contributed by atoms with E-state index in [1.807, 2.05) is 36.1 Å². The van der Waals surface area contributed by atoms with Gasteiger partial charge in [-0.05, 0) is 31.7 Å². The Balaban J connectivity index is 1.45. The van der Waals surface area contributed by atoms with Crippen LogP contribution in [0.5, 0.6) is 0 Å². The van der Waals surface area contributed by atoms with Gasteiger partial charge in [-0.1, -0.05) is 29.8 Å². The molecule has 0 aromatic heterocycles. The van der Waals surface area contributed by atoms with Crippen LogP contribution in [-0.4, -0.2) is 48.1 Å². The smallest absolute Gasteiger partial charge is 0.227 e. The zero-order valence-corrected chi connectivity index (χ0v) is 14.0. The molecule has 3 aliphatic rings. The van der Waals surface area contributed by atoms with Crippen LogP contribution in [-0.2, 0) is 20.7 Å². The van der Waals surface area contributed by atoms with Crippen molar-refractivity contribution in [3.8, 4) is 0 Å². The minimum absolute atomic E-state index is 0.0536. The van der Waals surface area contributed by atoms with E-state index >= 15 is 0 Å². The Kier molecular flexibility index (Phi) is 4.04. The van der Waals surface area contributed by atoms with Gasteiger partial charge in [0.15, 0.2) is 0 Å². The number of amides is 2. The Hall–Kier alpha value is -1.88. The summed E-state index contributed by atoms with van der Waals surface area (Å²) >= 11 is 0. The van der Waals surface area contributed by atoms with Gasteiger partial charge in [-0.2, -0.15) is 0 Å². The molecular weight excluding hydrogens is 304 g/mol. The highest BCUT2D eigenvalue weighted by Gasteiger charge is 2.50. The van der Waals surface area contributed by atoms with E-state index in [2.05, 4.69) is 5.32 Å². The van der Waals surface area contributed by atoms with Gasteiger partial charge in [0, 0.05) is 19.2 Å². The molecule has 3 atom stereocenters. The summed E-state index contributed by atoms with van der Waals surface area (Å²) in [6.07, 6.45) is 3.23. The number of benzene rings is 1. The Morgan fingerprint density at radius 1 is 1.21 bits per heavy atom. The predicted octanol–water partition coefficient (Wildman–Crippen LogP) is 1.43. The van der Waals surface area contributed by atoms with Crippen LogP contribution in [0.4, 0.5) is 0 Å². The summed E-state index contributed by atoms with van der Waals surface area (Å²) in [5, 5.41) is 3.07. The standard InChI is InChI=1S/C19H24N2O3/c1-12-2-4-13(5-3-12)10-17(22)21-11-15(18-16(21)8-9-24-18)19(23)20-14-6-7-14/h2-5,14-16,18H,6-11H2,1H3,(H,20,23)/t15-,16-,18+/m0/s1. The van der Waals surface area contributed by atoms with Crippen molar-refractivity contribution in [2.75, 3.05) is 13.2 Å². The maximum atomic E-state index is 12.8. The fourth-order valence-electron chi connectivity index (χ4n) is 3.81. The van der Waals surface area contributed by atoms with Crippen molar-refractivity contribution < 1.29 is 14.3 Å². The van der Waals surface area contributed by atoms with Gasteiger partial charge in [0.05, 0.1) is 24.5 Å². The molecule has 0 bridgehead atoms. The number of aryl methyl sites for hydroxylation is 1. The molecule has 1 saturated carbocycles. The first-order valence-electron chi connectivity index (χ1n) is 8.89. The molecule has 1 aromatic rings. The SMILES string of the molecule is Cc1ccc(CC(=O)N2C[C@H](C(=O)NC3CC3)[C@H]3OCC[C@@H]32)cc1. The van der Waals surface area contributed by atoms with Crippen molar-refractivity contribution in [1.29, 1.82) is 0 Å². The van der Waals surface area contributed by atoms with E-state index in [9.17, 15) is 9.59 Å². The number of ether oxygens (including phenoxy) is 1. The topological polar surface area (TPSA) is 58.6 Å². The molecule has 2 saturated heterocycles. The van der Waals surface area contributed by atoms with Crippen LogP contribution in [0.1, 0.15) is 30.4 Å². The summed E-state index contributed by atoms with van der Waals surface area (Å²) < 4.78 is 5.80. The second kappa shape index (κ2) is 6.20. The number of likely N-dealkylation sites (tertiary alicyclic amines) is 1. The zero-order valence-electron chi connectivity index (χ0n) is 14.0. The highest BCUT2D eigenvalue weighted by molar-refractivity contribution is 5.84. The van der Waals surface area contributed by atoms with Crippen LogP contribution in [0.3, 0.4) is 0 Å². The Morgan fingerprint density at radius 3 is 2.67 bits per heavy atom. The number of fused-ring (bicyclic) bond motifs is 1. The van der Waals surface area contributed by atoms with Crippen molar-refractivity contribution in [3.05, 3.63) is 35.4 Å². The van der Waals surface area contributed by atoms with Crippen molar-refractivity contribution in [2.24, 2.45) is 5.92 Å². The summed E-state index contributed by atoms with van der Waals surface area (Å²) in [6.45, 7) is 3.16. The van der Waals surface area contributed by atoms with Gasteiger partial charge in [0.1, 0.15) is 0 Å². The molecule has 5 heteroatoms. The van der Waals surface area contributed by atoms with E-state index in [1.54, 1.807) is 0 Å². The minimum atomic E-state index is -0.222. The first kappa shape index (κ1) is 15.6. The minimum Gasteiger partial charge on any atom is -0.375 e. The van der Waals surface area contributed by atoms with Gasteiger partial charge in [-0.15, -0.1) is 0 Å². The average Bonchev–Trinajstić information content (AvgIpc) is 3.10. The Bertz CT molecular complexity index is 639. The molecule has 24 heavy (non-hydrogen) atoms. The van der Waals surface area contributed by atoms with Crippen LogP contribution in [0.15, 0.2) is 24.3 Å². The van der Waals surface area contributed by atoms with Crippen LogP contribution in [0, 0.1) is 12.8 Å². The normalized spacial score (nSPS) is 28.7. The fraction of sp³-hybridized carbons (Fsp3) is 0.579. The summed E-state index contributed by atoms with van der Waals surface area (Å²) in [7, 11) is 0. The van der Waals surface area contributed by atoms with Crippen LogP contribution in [0.25, 0.3) is 0 Å². The highest BCUT2D eigenvalue weighted by atomic mass is 16.5. The quantitative estimate of drug-likeness (QED) is 0.910. The van der Waals surface area contributed by atoms with Gasteiger partial charge in [0.2, 0.25) is 11.8 Å². The van der Waals surface area contributed by atoms with E-state index in [4.69, 9.17) is 4.74 Å². The third-order valence-electron chi connectivity index (χ3n) is 5.35. The predicted molar refractivity (Wildman–Crippen MR) is 89.4 cm³/mol. The number of hydrogen-bond donors (Lipinski definition) is 1. The number of rotatable bonds is 4. The largest absolute Gasteiger partial charge is 0.375 e. The summed E-state index contributed by atoms with van der Waals surface area (Å²) in [5.41, 5.74) is 2.21. The molecule has 1 N–H and O–H groups in total. The molecule has 4 rings (SSSR count). The van der Waals surface area contributed by atoms with Gasteiger partial charge < -0.3 is 15.0 Å². The van der Waals surface area contributed by atoms with Gasteiger partial charge in [-0.3, -0.25) is 9.59 Å². The lowest BCUT2D eigenvalue weighted by molar-refractivity contribution is -0.131. The van der Waals surface area contributed by atoms with E-state index < -0.39 is 0 Å². The molecule has 0 radical (unpaired) electrons. The molecular formula is C19H24N2O3. The van der Waals surface area contributed by atoms with E-state index in [0.29, 0.717) is 25.6 Å². The molecule has 128 valence electrons. The summed E-state index contributed by atoms with van der Waals surface area (Å²) in [6, 6.07) is 8.46. The maximum Gasteiger partial charge on any atom is 0.227 e. The first-order valence-corrected chi connectivity index (χ1v) is 8.89. The van der Waals surface area contributed by atoms with Crippen LogP contribution >= 0.6 is 0 Å². The summed E-state index contributed by atoms with van der Waals surface area (Å²) in [4.78, 5) is 27.1. The lowest BCUT2D eigenvalue weighted by Gasteiger charge is -2.22. The van der Waals surface area contributed by atoms with Crippen molar-refractivity contribution in [2.45, 2.75) is 50.8 Å². The van der Waals surface area contributed by atoms with Crippen LogP contribution < -0.4 is 5.32 Å². The monoisotopic (exact) mass is 328 g/mol. The third-order valence-corrected chi connectivity index (χ3v) is 5.35. The van der Waals surface area contributed by atoms with Gasteiger partial charge in [-0.25, -0.2) is 0 Å². The van der Waals surface area contributed by atoms with Gasteiger partial charge >= 0.3 is 0 Å². The van der Waals surface area contributed by atoms with E-state index in [0.717, 1.165) is 24.8 Å². The molecule has 1 aliphatic carbocycles. The lowest BCUT2D eigenvalue weighted by Crippen LogP contribution is -2.39. The second-order valence-corrected chi connectivity index (χ2v) is 7.29. The van der Waals surface area contributed by atoms with E-state index in [1.165, 1.54) is 5.56 Å². The zero-order chi connectivity index (χ0) is 16.7. The molecule has 2 amide bonds. The average molecular weight is 328 g/mol. The molecule has 0 unspecified atom stereocenters. The van der Waals surface area contributed by atoms with Crippen LogP contribution in [0.2, 0.25) is 0 Å². The lowest BCUT2D eigenvalue weighted by atomic mass is 10.0. The maximum absolute atomic E-state index is 12.8. The number of nitrogens with zero attached hydrogens (tertiary/aromatic N) is 1. The molecule has 3 fully saturated rings. The van der Waals surface area contributed by atoms with Crippen molar-refractivity contribution in [3.63, 3.8) is 0 Å². The Morgan fingerprint density at radius 2 is 1.96 bits per heavy atom. The fourth-order valence-corrected chi connectivity index (χ4v) is 3.81. The summed E-state index contributed by atoms with van der Waals surface area (Å²) in [5.74, 6) is -0.0684. The molecule has 2 heterocycles. The number of nitrogens with one attached hydrogen (secondary N) is 1. The van der Waals surface area contributed by atoms with E-state index in [-0.39, 0.29) is 29.9 Å². The van der Waals surface area contributed by atoms with Crippen molar-refractivity contribution in [1.82, 2.24) is 10.2 Å². The molecule has 2 aliphatic heterocycles. The molecule has 5 nitrogen and oxygen atoms in total. The number of carbonyl (C=O) groups excluding carboxylic acids is 2. The second-order valence-electron chi connectivity index (χ2n) is 7.29. The molecule has 0 spiro atoms. The number of carbonyl (C=O) groups is 2. The van der Waals surface area contributed by atoms with Crippen molar-refractivity contribution >= 4 is 11.8 Å². The number of hydrogen-bond acceptors (Lipinski definition) is 3.